The van der Waals surface area contributed by atoms with E-state index in [1.165, 1.54) is 32.4 Å². The van der Waals surface area contributed by atoms with Crippen LogP contribution in [-0.4, -0.2) is 35.0 Å². The van der Waals surface area contributed by atoms with Crippen molar-refractivity contribution in [1.29, 1.82) is 0 Å². The molecule has 1 amide bonds. The lowest BCUT2D eigenvalue weighted by molar-refractivity contribution is -0.119. The molecule has 0 saturated carbocycles. The fourth-order valence-corrected chi connectivity index (χ4v) is 2.19. The number of nitrogens with one attached hydrogen (secondary N) is 2. The van der Waals surface area contributed by atoms with Gasteiger partial charge in [0, 0.05) is 13.1 Å². The summed E-state index contributed by atoms with van der Waals surface area (Å²) in [6.07, 6.45) is 0. The summed E-state index contributed by atoms with van der Waals surface area (Å²) in [6, 6.07) is 4.05. The lowest BCUT2D eigenvalue weighted by Crippen LogP contribution is -2.35. The van der Waals surface area contributed by atoms with Gasteiger partial charge in [0.1, 0.15) is 5.75 Å². The Morgan fingerprint density at radius 1 is 1.44 bits per heavy atom. The summed E-state index contributed by atoms with van der Waals surface area (Å²) in [7, 11) is -0.953. The Morgan fingerprint density at radius 3 is 2.67 bits per heavy atom. The minimum Gasteiger partial charge on any atom is -0.495 e. The third-order valence-electron chi connectivity index (χ3n) is 2.22. The zero-order valence-corrected chi connectivity index (χ0v) is 10.9. The molecule has 7 nitrogen and oxygen atoms in total. The van der Waals surface area contributed by atoms with Gasteiger partial charge in [-0.05, 0) is 12.1 Å². The first-order chi connectivity index (χ1) is 8.40. The van der Waals surface area contributed by atoms with Crippen molar-refractivity contribution in [3.63, 3.8) is 0 Å². The van der Waals surface area contributed by atoms with Gasteiger partial charge in [-0.25, -0.2) is 13.1 Å². The van der Waals surface area contributed by atoms with Gasteiger partial charge >= 0.3 is 0 Å². The van der Waals surface area contributed by atoms with E-state index in [4.69, 9.17) is 10.5 Å². The Labute approximate surface area is 105 Å². The van der Waals surface area contributed by atoms with Crippen molar-refractivity contribution in [3.8, 4) is 5.75 Å². The molecule has 4 N–H and O–H groups in total. The number of rotatable bonds is 5. The van der Waals surface area contributed by atoms with Crippen molar-refractivity contribution in [2.45, 2.75) is 4.90 Å². The van der Waals surface area contributed by atoms with Gasteiger partial charge in [0.2, 0.25) is 15.9 Å². The lowest BCUT2D eigenvalue weighted by atomic mass is 10.3. The van der Waals surface area contributed by atoms with E-state index < -0.39 is 15.9 Å². The number of sulfonamides is 1. The molecule has 1 aromatic rings. The fraction of sp³-hybridized carbons (Fsp3) is 0.300. The molecule has 0 aliphatic carbocycles. The van der Waals surface area contributed by atoms with Crippen molar-refractivity contribution in [2.75, 3.05) is 26.4 Å². The molecule has 100 valence electrons. The molecular formula is C10H15N3O4S. The number of likely N-dealkylation sites (N-methyl/N-ethyl adjacent to an activating group) is 1. The van der Waals surface area contributed by atoms with Crippen LogP contribution in [0.25, 0.3) is 0 Å². The van der Waals surface area contributed by atoms with Gasteiger partial charge in [0.05, 0.1) is 24.2 Å². The first kappa shape index (κ1) is 14.3. The van der Waals surface area contributed by atoms with Crippen LogP contribution < -0.4 is 20.5 Å². The van der Waals surface area contributed by atoms with Crippen molar-refractivity contribution in [3.05, 3.63) is 18.2 Å². The largest absolute Gasteiger partial charge is 0.495 e. The number of benzene rings is 1. The SMILES string of the molecule is CNC(=O)CNS(=O)(=O)c1ccc(N)c(OC)c1. The molecule has 0 heterocycles. The first-order valence-corrected chi connectivity index (χ1v) is 6.53. The Hall–Kier alpha value is -1.80. The summed E-state index contributed by atoms with van der Waals surface area (Å²) < 4.78 is 30.8. The Morgan fingerprint density at radius 2 is 2.11 bits per heavy atom. The molecule has 0 aromatic heterocycles. The average molecular weight is 273 g/mol. The second-order valence-corrected chi connectivity index (χ2v) is 5.17. The molecule has 0 saturated heterocycles. The predicted molar refractivity (Wildman–Crippen MR) is 66.7 cm³/mol. The van der Waals surface area contributed by atoms with E-state index in [2.05, 4.69) is 10.0 Å². The van der Waals surface area contributed by atoms with E-state index in [1.807, 2.05) is 0 Å². The second-order valence-electron chi connectivity index (χ2n) is 3.40. The molecule has 0 unspecified atom stereocenters. The fourth-order valence-electron chi connectivity index (χ4n) is 1.19. The molecule has 0 atom stereocenters. The van der Waals surface area contributed by atoms with Crippen molar-refractivity contribution >= 4 is 21.6 Å². The van der Waals surface area contributed by atoms with Gasteiger partial charge in [-0.15, -0.1) is 0 Å². The van der Waals surface area contributed by atoms with Crippen LogP contribution in [-0.2, 0) is 14.8 Å². The molecule has 0 aliphatic heterocycles. The van der Waals surface area contributed by atoms with Crippen LogP contribution in [0, 0.1) is 0 Å². The van der Waals surface area contributed by atoms with E-state index in [0.29, 0.717) is 5.69 Å². The van der Waals surface area contributed by atoms with Crippen LogP contribution in [0.15, 0.2) is 23.1 Å². The van der Waals surface area contributed by atoms with E-state index >= 15 is 0 Å². The molecule has 0 radical (unpaired) electrons. The predicted octanol–water partition coefficient (Wildman–Crippen LogP) is -0.698. The molecular weight excluding hydrogens is 258 g/mol. The van der Waals surface area contributed by atoms with Crippen LogP contribution in [0.1, 0.15) is 0 Å². The molecule has 0 spiro atoms. The number of anilines is 1. The van der Waals surface area contributed by atoms with Gasteiger partial charge in [-0.2, -0.15) is 0 Å². The van der Waals surface area contributed by atoms with Crippen LogP contribution in [0.2, 0.25) is 0 Å². The number of carbonyl (C=O) groups excluding carboxylic acids is 1. The minimum atomic E-state index is -3.76. The number of hydrogen-bond acceptors (Lipinski definition) is 5. The first-order valence-electron chi connectivity index (χ1n) is 5.04. The summed E-state index contributed by atoms with van der Waals surface area (Å²) >= 11 is 0. The number of nitrogens with two attached hydrogens (primary N) is 1. The van der Waals surface area contributed by atoms with Gasteiger partial charge in [-0.1, -0.05) is 0 Å². The molecule has 1 rings (SSSR count). The monoisotopic (exact) mass is 273 g/mol. The van der Waals surface area contributed by atoms with Crippen molar-refractivity contribution in [1.82, 2.24) is 10.0 Å². The van der Waals surface area contributed by atoms with Crippen molar-refractivity contribution < 1.29 is 17.9 Å². The Bertz CT molecular complexity index is 542. The van der Waals surface area contributed by atoms with E-state index in [-0.39, 0.29) is 17.2 Å². The molecule has 18 heavy (non-hydrogen) atoms. The van der Waals surface area contributed by atoms with Gasteiger partial charge in [-0.3, -0.25) is 4.79 Å². The van der Waals surface area contributed by atoms with E-state index in [0.717, 1.165) is 0 Å². The summed E-state index contributed by atoms with van der Waals surface area (Å²) in [5, 5.41) is 2.31. The maximum atomic E-state index is 11.8. The van der Waals surface area contributed by atoms with Gasteiger partial charge in [0.15, 0.2) is 0 Å². The van der Waals surface area contributed by atoms with Crippen LogP contribution in [0.5, 0.6) is 5.75 Å². The molecule has 0 aliphatic rings. The van der Waals surface area contributed by atoms with Gasteiger partial charge in [0.25, 0.3) is 0 Å². The minimum absolute atomic E-state index is 0.0162. The second kappa shape index (κ2) is 5.69. The molecule has 0 fully saturated rings. The Balaban J connectivity index is 2.95. The van der Waals surface area contributed by atoms with Crippen molar-refractivity contribution in [2.24, 2.45) is 0 Å². The standard InChI is InChI=1S/C10H15N3O4S/c1-12-10(14)6-13-18(15,16)7-3-4-8(11)9(5-7)17-2/h3-5,13H,6,11H2,1-2H3,(H,12,14). The summed E-state index contributed by atoms with van der Waals surface area (Å²) in [5.41, 5.74) is 5.92. The van der Waals surface area contributed by atoms with E-state index in [1.54, 1.807) is 0 Å². The van der Waals surface area contributed by atoms with Gasteiger partial charge < -0.3 is 15.8 Å². The summed E-state index contributed by atoms with van der Waals surface area (Å²) in [5.74, 6) is -0.168. The van der Waals surface area contributed by atoms with Crippen LogP contribution in [0.3, 0.4) is 0 Å². The number of methoxy groups -OCH3 is 1. The smallest absolute Gasteiger partial charge is 0.241 e. The number of ether oxygens (including phenoxy) is 1. The maximum absolute atomic E-state index is 11.8. The highest BCUT2D eigenvalue weighted by Crippen LogP contribution is 2.24. The maximum Gasteiger partial charge on any atom is 0.241 e. The quantitative estimate of drug-likeness (QED) is 0.614. The number of nitrogen functional groups attached to an aromatic ring is 1. The highest BCUT2D eigenvalue weighted by Gasteiger charge is 2.16. The number of hydrogen-bond donors (Lipinski definition) is 3. The third-order valence-corrected chi connectivity index (χ3v) is 3.62. The number of amides is 1. The molecule has 8 heteroatoms. The Kier molecular flexibility index (Phi) is 4.51. The summed E-state index contributed by atoms with van der Waals surface area (Å²) in [4.78, 5) is 11.0. The highest BCUT2D eigenvalue weighted by atomic mass is 32.2. The zero-order valence-electron chi connectivity index (χ0n) is 10.1. The highest BCUT2D eigenvalue weighted by molar-refractivity contribution is 7.89. The van der Waals surface area contributed by atoms with Crippen LogP contribution in [0.4, 0.5) is 5.69 Å². The number of carbonyl (C=O) groups is 1. The molecule has 0 bridgehead atoms. The lowest BCUT2D eigenvalue weighted by Gasteiger charge is -2.09. The average Bonchev–Trinajstić information content (AvgIpc) is 2.36. The van der Waals surface area contributed by atoms with E-state index in [9.17, 15) is 13.2 Å². The third kappa shape index (κ3) is 3.34. The van der Waals surface area contributed by atoms with Crippen LogP contribution >= 0.6 is 0 Å². The zero-order chi connectivity index (χ0) is 13.8. The normalized spacial score (nSPS) is 11.0. The summed E-state index contributed by atoms with van der Waals surface area (Å²) in [6.45, 7) is -0.328. The molecule has 1 aromatic carbocycles. The topological polar surface area (TPSA) is 111 Å².